The molecule has 1 N–H and O–H groups in total. The predicted molar refractivity (Wildman–Crippen MR) is 111 cm³/mol. The molecular formula is C22H18ClN3O. The van der Waals surface area contributed by atoms with Crippen LogP contribution in [0.1, 0.15) is 5.56 Å². The Morgan fingerprint density at radius 3 is 2.48 bits per heavy atom. The van der Waals surface area contributed by atoms with Gasteiger partial charge in [0.15, 0.2) is 5.82 Å². The maximum absolute atomic E-state index is 6.01. The van der Waals surface area contributed by atoms with Crippen LogP contribution in [0.15, 0.2) is 66.7 Å². The first-order valence-corrected chi connectivity index (χ1v) is 8.96. The fraction of sp³-hybridized carbons (Fsp3) is 0.0909. The van der Waals surface area contributed by atoms with Crippen LogP contribution in [0.2, 0.25) is 5.02 Å². The standard InChI is InChI=1S/C22H18ClN3O/c1-14-7-12-20(27-2)19(13-14)25-22-17-5-3-4-6-18(17)24-21(26-22)15-8-10-16(23)11-9-15/h3-13H,1-2H3,(H,24,25,26). The molecule has 27 heavy (non-hydrogen) atoms. The van der Waals surface area contributed by atoms with E-state index in [0.717, 1.165) is 39.3 Å². The Kier molecular flexibility index (Phi) is 4.65. The molecule has 0 amide bonds. The zero-order chi connectivity index (χ0) is 18.8. The van der Waals surface area contributed by atoms with Crippen LogP contribution in [0, 0.1) is 6.92 Å². The third kappa shape index (κ3) is 3.57. The zero-order valence-electron chi connectivity index (χ0n) is 15.0. The Labute approximate surface area is 162 Å². The van der Waals surface area contributed by atoms with Gasteiger partial charge in [0.25, 0.3) is 0 Å². The number of ether oxygens (including phenoxy) is 1. The number of fused-ring (bicyclic) bond motifs is 1. The van der Waals surface area contributed by atoms with Crippen molar-refractivity contribution in [1.29, 1.82) is 0 Å². The first-order chi connectivity index (χ1) is 13.1. The average Bonchev–Trinajstić information content (AvgIpc) is 2.69. The van der Waals surface area contributed by atoms with E-state index in [1.165, 1.54) is 0 Å². The van der Waals surface area contributed by atoms with E-state index in [4.69, 9.17) is 26.3 Å². The lowest BCUT2D eigenvalue weighted by Crippen LogP contribution is -2.01. The SMILES string of the molecule is COc1ccc(C)cc1Nc1nc(-c2ccc(Cl)cc2)nc2ccccc12. The Bertz CT molecular complexity index is 1110. The summed E-state index contributed by atoms with van der Waals surface area (Å²) in [6.45, 7) is 2.04. The second kappa shape index (κ2) is 7.25. The molecule has 0 radical (unpaired) electrons. The monoisotopic (exact) mass is 375 g/mol. The normalized spacial score (nSPS) is 10.8. The van der Waals surface area contributed by atoms with Gasteiger partial charge in [0, 0.05) is 16.0 Å². The summed E-state index contributed by atoms with van der Waals surface area (Å²) in [7, 11) is 1.66. The smallest absolute Gasteiger partial charge is 0.162 e. The van der Waals surface area contributed by atoms with Gasteiger partial charge in [-0.1, -0.05) is 29.8 Å². The van der Waals surface area contributed by atoms with Crippen LogP contribution in [0.3, 0.4) is 0 Å². The molecule has 0 bridgehead atoms. The van der Waals surface area contributed by atoms with Gasteiger partial charge in [-0.3, -0.25) is 0 Å². The molecule has 0 saturated carbocycles. The van der Waals surface area contributed by atoms with E-state index in [1.807, 2.05) is 73.7 Å². The number of rotatable bonds is 4. The van der Waals surface area contributed by atoms with Gasteiger partial charge in [0.05, 0.1) is 18.3 Å². The van der Waals surface area contributed by atoms with Gasteiger partial charge in [-0.15, -0.1) is 0 Å². The van der Waals surface area contributed by atoms with Crippen LogP contribution < -0.4 is 10.1 Å². The number of halogens is 1. The van der Waals surface area contributed by atoms with Crippen molar-refractivity contribution in [2.75, 3.05) is 12.4 Å². The molecule has 0 aliphatic heterocycles. The van der Waals surface area contributed by atoms with E-state index in [-0.39, 0.29) is 0 Å². The van der Waals surface area contributed by atoms with Crippen molar-refractivity contribution in [1.82, 2.24) is 9.97 Å². The number of methoxy groups -OCH3 is 1. The molecule has 0 atom stereocenters. The van der Waals surface area contributed by atoms with Crippen LogP contribution in [0.5, 0.6) is 5.75 Å². The summed E-state index contributed by atoms with van der Waals surface area (Å²) in [6.07, 6.45) is 0. The molecule has 0 unspecified atom stereocenters. The minimum atomic E-state index is 0.638. The summed E-state index contributed by atoms with van der Waals surface area (Å²) in [5.41, 5.74) is 3.77. The predicted octanol–water partition coefficient (Wildman–Crippen LogP) is 6.01. The van der Waals surface area contributed by atoms with E-state index in [0.29, 0.717) is 10.8 Å². The Balaban J connectivity index is 1.86. The van der Waals surface area contributed by atoms with Gasteiger partial charge >= 0.3 is 0 Å². The van der Waals surface area contributed by atoms with E-state index in [2.05, 4.69) is 5.32 Å². The molecule has 1 aromatic heterocycles. The van der Waals surface area contributed by atoms with E-state index >= 15 is 0 Å². The molecular weight excluding hydrogens is 358 g/mol. The Hall–Kier alpha value is -3.11. The third-order valence-electron chi connectivity index (χ3n) is 4.31. The molecule has 5 heteroatoms. The second-order valence-electron chi connectivity index (χ2n) is 6.25. The molecule has 0 saturated heterocycles. The molecule has 0 fully saturated rings. The van der Waals surface area contributed by atoms with Crippen molar-refractivity contribution in [3.63, 3.8) is 0 Å². The summed E-state index contributed by atoms with van der Waals surface area (Å²) in [4.78, 5) is 9.49. The molecule has 3 aromatic carbocycles. The molecule has 4 aromatic rings. The highest BCUT2D eigenvalue weighted by Gasteiger charge is 2.12. The summed E-state index contributed by atoms with van der Waals surface area (Å²) >= 11 is 6.01. The van der Waals surface area contributed by atoms with Crippen molar-refractivity contribution >= 4 is 34.0 Å². The molecule has 0 aliphatic carbocycles. The van der Waals surface area contributed by atoms with Gasteiger partial charge < -0.3 is 10.1 Å². The van der Waals surface area contributed by atoms with Crippen LogP contribution in [-0.4, -0.2) is 17.1 Å². The van der Waals surface area contributed by atoms with Crippen LogP contribution >= 0.6 is 11.6 Å². The first-order valence-electron chi connectivity index (χ1n) is 8.58. The molecule has 1 heterocycles. The maximum atomic E-state index is 6.01. The van der Waals surface area contributed by atoms with Gasteiger partial charge in [-0.2, -0.15) is 0 Å². The zero-order valence-corrected chi connectivity index (χ0v) is 15.8. The van der Waals surface area contributed by atoms with Crippen molar-refractivity contribution in [3.8, 4) is 17.1 Å². The summed E-state index contributed by atoms with van der Waals surface area (Å²) in [5, 5.41) is 5.05. The van der Waals surface area contributed by atoms with E-state index in [1.54, 1.807) is 7.11 Å². The number of anilines is 2. The summed E-state index contributed by atoms with van der Waals surface area (Å²) in [5.74, 6) is 2.13. The highest BCUT2D eigenvalue weighted by Crippen LogP contribution is 2.32. The molecule has 0 spiro atoms. The lowest BCUT2D eigenvalue weighted by atomic mass is 10.1. The second-order valence-corrected chi connectivity index (χ2v) is 6.69. The van der Waals surface area contributed by atoms with Crippen LogP contribution in [-0.2, 0) is 0 Å². The summed E-state index contributed by atoms with van der Waals surface area (Å²) in [6, 6.07) is 21.5. The number of para-hydroxylation sites is 1. The number of aryl methyl sites for hydroxylation is 1. The van der Waals surface area contributed by atoms with Gasteiger partial charge in [-0.05, 0) is 61.0 Å². The van der Waals surface area contributed by atoms with Crippen molar-refractivity contribution in [2.24, 2.45) is 0 Å². The largest absolute Gasteiger partial charge is 0.495 e. The number of nitrogens with zero attached hydrogens (tertiary/aromatic N) is 2. The van der Waals surface area contributed by atoms with Crippen LogP contribution in [0.25, 0.3) is 22.3 Å². The minimum Gasteiger partial charge on any atom is -0.495 e. The third-order valence-corrected chi connectivity index (χ3v) is 4.57. The molecule has 4 nitrogen and oxygen atoms in total. The van der Waals surface area contributed by atoms with Crippen LogP contribution in [0.4, 0.5) is 11.5 Å². The van der Waals surface area contributed by atoms with Gasteiger partial charge in [-0.25, -0.2) is 9.97 Å². The molecule has 4 rings (SSSR count). The molecule has 0 aliphatic rings. The first kappa shape index (κ1) is 17.3. The van der Waals surface area contributed by atoms with E-state index < -0.39 is 0 Å². The molecule has 134 valence electrons. The number of hydrogen-bond acceptors (Lipinski definition) is 4. The van der Waals surface area contributed by atoms with Gasteiger partial charge in [0.1, 0.15) is 11.6 Å². The van der Waals surface area contributed by atoms with Crippen molar-refractivity contribution in [3.05, 3.63) is 77.3 Å². The maximum Gasteiger partial charge on any atom is 0.162 e. The highest BCUT2D eigenvalue weighted by molar-refractivity contribution is 6.30. The van der Waals surface area contributed by atoms with E-state index in [9.17, 15) is 0 Å². The number of hydrogen-bond donors (Lipinski definition) is 1. The Morgan fingerprint density at radius 2 is 1.70 bits per heavy atom. The van der Waals surface area contributed by atoms with Crippen molar-refractivity contribution in [2.45, 2.75) is 6.92 Å². The fourth-order valence-electron chi connectivity index (χ4n) is 2.95. The fourth-order valence-corrected chi connectivity index (χ4v) is 3.07. The lowest BCUT2D eigenvalue weighted by Gasteiger charge is -2.14. The summed E-state index contributed by atoms with van der Waals surface area (Å²) < 4.78 is 5.49. The number of nitrogens with one attached hydrogen (secondary N) is 1. The Morgan fingerprint density at radius 1 is 0.926 bits per heavy atom. The average molecular weight is 376 g/mol. The minimum absolute atomic E-state index is 0.638. The highest BCUT2D eigenvalue weighted by atomic mass is 35.5. The topological polar surface area (TPSA) is 47.0 Å². The van der Waals surface area contributed by atoms with Crippen molar-refractivity contribution < 1.29 is 4.74 Å². The quantitative estimate of drug-likeness (QED) is 0.474. The lowest BCUT2D eigenvalue weighted by molar-refractivity contribution is 0.416. The number of aromatic nitrogens is 2. The number of benzene rings is 3. The van der Waals surface area contributed by atoms with Gasteiger partial charge in [0.2, 0.25) is 0 Å².